The van der Waals surface area contributed by atoms with Crippen molar-refractivity contribution in [3.63, 3.8) is 0 Å². The molecule has 11 nitrogen and oxygen atoms in total. The summed E-state index contributed by atoms with van der Waals surface area (Å²) in [6, 6.07) is 0. The average Bonchev–Trinajstić information content (AvgIpc) is 3.58. The van der Waals surface area contributed by atoms with Crippen molar-refractivity contribution in [1.82, 2.24) is 10.2 Å². The van der Waals surface area contributed by atoms with Crippen LogP contribution in [0.25, 0.3) is 0 Å². The molecule has 0 aromatic carbocycles. The summed E-state index contributed by atoms with van der Waals surface area (Å²) in [6.07, 6.45) is 8.90. The van der Waals surface area contributed by atoms with Crippen LogP contribution >= 0.6 is 0 Å². The van der Waals surface area contributed by atoms with E-state index in [1.165, 1.54) is 11.6 Å². The van der Waals surface area contributed by atoms with E-state index >= 15 is 0 Å². The first-order valence-corrected chi connectivity index (χ1v) is 15.5. The molecule has 0 unspecified atom stereocenters. The van der Waals surface area contributed by atoms with E-state index in [0.717, 1.165) is 12.1 Å². The molecule has 0 aromatic heterocycles. The van der Waals surface area contributed by atoms with Crippen molar-refractivity contribution in [1.29, 1.82) is 0 Å². The van der Waals surface area contributed by atoms with Gasteiger partial charge in [0.1, 0.15) is 30.0 Å². The Kier molecular flexibility index (Phi) is 9.77. The van der Waals surface area contributed by atoms with Gasteiger partial charge in [-0.25, -0.2) is 4.79 Å². The highest BCUT2D eigenvalue weighted by atomic mass is 16.7. The molecule has 244 valence electrons. The molecule has 4 N–H and O–H groups in total. The van der Waals surface area contributed by atoms with Gasteiger partial charge in [-0.15, -0.1) is 0 Å². The molecule has 5 aliphatic rings. The number of nitrogens with one attached hydrogen (secondary N) is 1. The number of nitrogens with zero attached hydrogens (tertiary/aromatic N) is 1. The summed E-state index contributed by atoms with van der Waals surface area (Å²) in [7, 11) is 3.50. The summed E-state index contributed by atoms with van der Waals surface area (Å²) in [6.45, 7) is 8.94. The van der Waals surface area contributed by atoms with Gasteiger partial charge in [-0.05, 0) is 68.6 Å². The van der Waals surface area contributed by atoms with Gasteiger partial charge in [0.05, 0.1) is 25.6 Å². The molecule has 1 fully saturated rings. The van der Waals surface area contributed by atoms with Crippen LogP contribution in [0.3, 0.4) is 0 Å². The Labute approximate surface area is 259 Å². The van der Waals surface area contributed by atoms with Crippen LogP contribution < -0.4 is 5.32 Å². The second kappa shape index (κ2) is 13.1. The maximum absolute atomic E-state index is 13.2. The Morgan fingerprint density at radius 1 is 1.25 bits per heavy atom. The van der Waals surface area contributed by atoms with Crippen LogP contribution in [-0.4, -0.2) is 102 Å². The van der Waals surface area contributed by atoms with E-state index < -0.39 is 48.1 Å². The monoisotopic (exact) mass is 616 g/mol. The van der Waals surface area contributed by atoms with Gasteiger partial charge in [-0.2, -0.15) is 0 Å². The van der Waals surface area contributed by atoms with Gasteiger partial charge in [-0.3, -0.25) is 0 Å². The Balaban J connectivity index is 1.48. The molecule has 1 saturated heterocycles. The standard InChI is InChI=1S/C33H48N2O9/c1-19(2)23-9-7-20(3)24-14-27(43-28(37)10-8-22-15-35(5)18-34-22)32(4)11-12-33(40-6,44-32)21(13-25(23)24)16-41-31-30(39)29(38)26(36)17-42-31/h7-8,10-13,15,19,23-27,29-31,34,36,38-39H,9,14,16-18H2,1-6H3/b10-8+,21-13-/t23-,24+,25-,26-,27+,29-,30+,31-,32+,33-/m1/s1. The number of rotatable bonds is 8. The van der Waals surface area contributed by atoms with Gasteiger partial charge >= 0.3 is 5.97 Å². The molecule has 44 heavy (non-hydrogen) atoms. The highest BCUT2D eigenvalue weighted by Gasteiger charge is 2.53. The number of allylic oxidation sites excluding steroid dienone is 4. The molecule has 4 heterocycles. The van der Waals surface area contributed by atoms with E-state index in [2.05, 4.69) is 38.2 Å². The van der Waals surface area contributed by atoms with E-state index in [-0.39, 0.29) is 25.0 Å². The first kappa shape index (κ1) is 32.9. The van der Waals surface area contributed by atoms with E-state index in [4.69, 9.17) is 23.7 Å². The highest BCUT2D eigenvalue weighted by Crippen LogP contribution is 2.49. The Hall–Kier alpha value is -2.51. The summed E-state index contributed by atoms with van der Waals surface area (Å²) in [5.41, 5.74) is 1.71. The smallest absolute Gasteiger partial charge is 0.331 e. The second-order valence-corrected chi connectivity index (χ2v) is 13.2. The Morgan fingerprint density at radius 2 is 2.02 bits per heavy atom. The third-order valence-corrected chi connectivity index (χ3v) is 9.78. The Morgan fingerprint density at radius 3 is 2.70 bits per heavy atom. The predicted octanol–water partition coefficient (Wildman–Crippen LogP) is 2.12. The molecule has 10 atom stereocenters. The summed E-state index contributed by atoms with van der Waals surface area (Å²) in [5, 5.41) is 33.8. The lowest BCUT2D eigenvalue weighted by atomic mass is 9.65. The zero-order valence-corrected chi connectivity index (χ0v) is 26.5. The van der Waals surface area contributed by atoms with Crippen LogP contribution in [0.1, 0.15) is 40.5 Å². The molecule has 0 radical (unpaired) electrons. The molecule has 4 aliphatic heterocycles. The van der Waals surface area contributed by atoms with Gasteiger partial charge in [0.2, 0.25) is 5.79 Å². The number of hydrogen-bond acceptors (Lipinski definition) is 11. The topological polar surface area (TPSA) is 139 Å². The van der Waals surface area contributed by atoms with Gasteiger partial charge in [0.25, 0.3) is 0 Å². The van der Waals surface area contributed by atoms with Crippen LogP contribution in [0, 0.1) is 23.7 Å². The number of fused-ring (bicyclic) bond motifs is 3. The number of aliphatic hydroxyl groups is 3. The molecular weight excluding hydrogens is 568 g/mol. The number of hydrogen-bond donors (Lipinski definition) is 4. The van der Waals surface area contributed by atoms with Crippen molar-refractivity contribution in [2.24, 2.45) is 23.7 Å². The molecule has 2 bridgehead atoms. The average molecular weight is 617 g/mol. The minimum Gasteiger partial charge on any atom is -0.456 e. The van der Waals surface area contributed by atoms with Crippen molar-refractivity contribution in [3.05, 3.63) is 59.5 Å². The normalized spacial score (nSPS) is 41.7. The lowest BCUT2D eigenvalue weighted by Crippen LogP contribution is -2.54. The van der Waals surface area contributed by atoms with E-state index in [1.807, 2.05) is 37.2 Å². The van der Waals surface area contributed by atoms with Crippen molar-refractivity contribution in [2.45, 2.75) is 82.6 Å². The lowest BCUT2D eigenvalue weighted by Gasteiger charge is -2.41. The van der Waals surface area contributed by atoms with E-state index in [0.29, 0.717) is 30.5 Å². The molecule has 0 saturated carbocycles. The maximum Gasteiger partial charge on any atom is 0.331 e. The minimum absolute atomic E-state index is 0.0284. The first-order chi connectivity index (χ1) is 20.9. The molecule has 5 rings (SSSR count). The minimum atomic E-state index is -1.43. The molecule has 0 spiro atoms. The van der Waals surface area contributed by atoms with Gasteiger partial charge in [0.15, 0.2) is 6.29 Å². The van der Waals surface area contributed by atoms with Crippen molar-refractivity contribution < 1.29 is 43.8 Å². The Bertz CT molecular complexity index is 1230. The maximum atomic E-state index is 13.2. The molecule has 11 heteroatoms. The SMILES string of the molecule is CO[C@]12C=C[C@](C)(O1)[C@@H](OC(=O)/C=C/C1=CN(C)CN1)C[C@H]1C(C)=CC[C@H](C(C)C)[C@H]1/C=C\2CO[C@@H]1OC[C@@H](O)[C@@H](O)[C@@H]1O. The van der Waals surface area contributed by atoms with E-state index in [1.54, 1.807) is 13.2 Å². The summed E-state index contributed by atoms with van der Waals surface area (Å²) in [5.74, 6) is -1.03. The van der Waals surface area contributed by atoms with Crippen LogP contribution in [0.2, 0.25) is 0 Å². The molecule has 0 amide bonds. The van der Waals surface area contributed by atoms with Gasteiger partial charge in [-0.1, -0.05) is 31.6 Å². The summed E-state index contributed by atoms with van der Waals surface area (Å²) < 4.78 is 30.6. The van der Waals surface area contributed by atoms with Crippen LogP contribution in [0.15, 0.2) is 59.5 Å². The predicted molar refractivity (Wildman–Crippen MR) is 161 cm³/mol. The zero-order valence-electron chi connectivity index (χ0n) is 26.5. The summed E-state index contributed by atoms with van der Waals surface area (Å²) >= 11 is 0. The van der Waals surface area contributed by atoms with Crippen LogP contribution in [0.5, 0.6) is 0 Å². The van der Waals surface area contributed by atoms with Crippen molar-refractivity contribution in [3.8, 4) is 0 Å². The lowest BCUT2D eigenvalue weighted by molar-refractivity contribution is -0.272. The molecule has 1 aliphatic carbocycles. The van der Waals surface area contributed by atoms with Crippen molar-refractivity contribution in [2.75, 3.05) is 34.0 Å². The quantitative estimate of drug-likeness (QED) is 0.181. The number of ether oxygens (including phenoxy) is 5. The third-order valence-electron chi connectivity index (χ3n) is 9.78. The summed E-state index contributed by atoms with van der Waals surface area (Å²) in [4.78, 5) is 15.2. The van der Waals surface area contributed by atoms with E-state index in [9.17, 15) is 20.1 Å². The number of carbonyl (C=O) groups excluding carboxylic acids is 1. The number of esters is 1. The fraction of sp³-hybridized carbons (Fsp3) is 0.667. The van der Waals surface area contributed by atoms with Crippen LogP contribution in [-0.2, 0) is 28.5 Å². The zero-order chi connectivity index (χ0) is 31.8. The van der Waals surface area contributed by atoms with Gasteiger partial charge < -0.3 is 49.2 Å². The molecular formula is C33H48N2O9. The van der Waals surface area contributed by atoms with Crippen LogP contribution in [0.4, 0.5) is 0 Å². The molecule has 0 aromatic rings. The number of methoxy groups -OCH3 is 1. The highest BCUT2D eigenvalue weighted by molar-refractivity contribution is 5.82. The third kappa shape index (κ3) is 6.55. The fourth-order valence-corrected chi connectivity index (χ4v) is 7.00. The van der Waals surface area contributed by atoms with Gasteiger partial charge in [0, 0.05) is 32.0 Å². The second-order valence-electron chi connectivity index (χ2n) is 13.2. The largest absolute Gasteiger partial charge is 0.456 e. The fourth-order valence-electron chi connectivity index (χ4n) is 7.00. The first-order valence-electron chi connectivity index (χ1n) is 15.5. The number of carbonyl (C=O) groups is 1. The number of aliphatic hydroxyl groups excluding tert-OH is 3. The van der Waals surface area contributed by atoms with Crippen molar-refractivity contribution >= 4 is 5.97 Å².